The third kappa shape index (κ3) is 3.68. The quantitative estimate of drug-likeness (QED) is 0.867. The fraction of sp³-hybridized carbons (Fsp3) is 0.333. The number of hydrogen-bond donors (Lipinski definition) is 2. The lowest BCUT2D eigenvalue weighted by atomic mass is 10.1. The summed E-state index contributed by atoms with van der Waals surface area (Å²) in [6.07, 6.45) is 2.44. The Bertz CT molecular complexity index is 536. The van der Waals surface area contributed by atoms with Gasteiger partial charge in [-0.05, 0) is 32.4 Å². The minimum atomic E-state index is -0.281. The first-order valence-electron chi connectivity index (χ1n) is 6.61. The summed E-state index contributed by atoms with van der Waals surface area (Å²) >= 11 is 0. The van der Waals surface area contributed by atoms with E-state index in [-0.39, 0.29) is 11.9 Å². The summed E-state index contributed by atoms with van der Waals surface area (Å²) in [6, 6.07) is 9.20. The molecule has 1 aromatic rings. The largest absolute Gasteiger partial charge is 0.325 e. The highest BCUT2D eigenvalue weighted by molar-refractivity contribution is 5.95. The van der Waals surface area contributed by atoms with Crippen molar-refractivity contribution in [3.05, 3.63) is 42.1 Å². The van der Waals surface area contributed by atoms with E-state index in [1.54, 1.807) is 11.2 Å². The Morgan fingerprint density at radius 2 is 2.05 bits per heavy atom. The van der Waals surface area contributed by atoms with Gasteiger partial charge in [0.05, 0.1) is 0 Å². The second-order valence-corrected chi connectivity index (χ2v) is 4.99. The van der Waals surface area contributed by atoms with Crippen molar-refractivity contribution in [2.75, 3.05) is 12.4 Å². The van der Waals surface area contributed by atoms with Crippen molar-refractivity contribution in [3.63, 3.8) is 0 Å². The lowest BCUT2D eigenvalue weighted by Crippen LogP contribution is -2.51. The van der Waals surface area contributed by atoms with Crippen LogP contribution in [0.1, 0.15) is 20.3 Å². The molecule has 2 N–H and O–H groups in total. The minimum Gasteiger partial charge on any atom is -0.325 e. The Labute approximate surface area is 119 Å². The molecule has 2 rings (SSSR count). The number of nitrogens with one attached hydrogen (secondary N) is 2. The second-order valence-electron chi connectivity index (χ2n) is 4.99. The molecule has 1 aromatic carbocycles. The monoisotopic (exact) mass is 272 g/mol. The van der Waals surface area contributed by atoms with E-state index in [0.29, 0.717) is 6.42 Å². The van der Waals surface area contributed by atoms with Gasteiger partial charge in [0.25, 0.3) is 0 Å². The number of benzene rings is 1. The van der Waals surface area contributed by atoms with E-state index in [1.165, 1.54) is 0 Å². The standard InChI is InChI=1S/C15H20N4O/c1-11-9-14(19(3)18-12(2)16-10-11)15(20)17-13-7-5-4-6-8-13/h4-8,10,14H,9H2,1-3H3,(H,16,18)(H,17,20). The first-order chi connectivity index (χ1) is 9.56. The summed E-state index contributed by atoms with van der Waals surface area (Å²) in [5.74, 6) is 0.734. The molecule has 1 atom stereocenters. The van der Waals surface area contributed by atoms with E-state index in [4.69, 9.17) is 0 Å². The number of rotatable bonds is 2. The number of anilines is 1. The zero-order valence-electron chi connectivity index (χ0n) is 12.1. The lowest BCUT2D eigenvalue weighted by Gasteiger charge is -2.29. The molecule has 1 heterocycles. The number of aliphatic imine (C=N–C) groups is 1. The summed E-state index contributed by atoms with van der Waals surface area (Å²) in [5.41, 5.74) is 4.98. The summed E-state index contributed by atoms with van der Waals surface area (Å²) in [6.45, 7) is 3.86. The molecule has 0 spiro atoms. The Morgan fingerprint density at radius 1 is 1.35 bits per heavy atom. The van der Waals surface area contributed by atoms with Gasteiger partial charge in [-0.1, -0.05) is 23.8 Å². The zero-order valence-corrected chi connectivity index (χ0v) is 12.1. The molecular formula is C15H20N4O. The molecule has 1 aliphatic rings. The van der Waals surface area contributed by atoms with Crippen LogP contribution in [0.15, 0.2) is 47.1 Å². The van der Waals surface area contributed by atoms with Crippen LogP contribution in [-0.2, 0) is 4.79 Å². The van der Waals surface area contributed by atoms with Gasteiger partial charge in [-0.15, -0.1) is 0 Å². The van der Waals surface area contributed by atoms with Gasteiger partial charge < -0.3 is 10.7 Å². The van der Waals surface area contributed by atoms with E-state index in [0.717, 1.165) is 17.1 Å². The van der Waals surface area contributed by atoms with Gasteiger partial charge in [0.2, 0.25) is 5.91 Å². The average Bonchev–Trinajstić information content (AvgIpc) is 2.42. The number of likely N-dealkylation sites (N-methyl/N-ethyl adjacent to an activating group) is 1. The highest BCUT2D eigenvalue weighted by atomic mass is 16.2. The fourth-order valence-corrected chi connectivity index (χ4v) is 2.08. The second kappa shape index (κ2) is 6.34. The minimum absolute atomic E-state index is 0.0337. The van der Waals surface area contributed by atoms with E-state index in [2.05, 4.69) is 15.7 Å². The number of hydrogen-bond acceptors (Lipinski definition) is 4. The summed E-state index contributed by atoms with van der Waals surface area (Å²) in [4.78, 5) is 16.7. The van der Waals surface area contributed by atoms with Crippen LogP contribution in [0.2, 0.25) is 0 Å². The van der Waals surface area contributed by atoms with Gasteiger partial charge in [-0.25, -0.2) is 10.0 Å². The summed E-state index contributed by atoms with van der Waals surface area (Å²) in [7, 11) is 1.85. The average molecular weight is 272 g/mol. The van der Waals surface area contributed by atoms with Crippen molar-refractivity contribution in [1.29, 1.82) is 0 Å². The smallest absolute Gasteiger partial charge is 0.243 e. The zero-order chi connectivity index (χ0) is 14.5. The van der Waals surface area contributed by atoms with Crippen LogP contribution in [0.4, 0.5) is 5.69 Å². The number of para-hydroxylation sites is 1. The predicted octanol–water partition coefficient (Wildman–Crippen LogP) is 2.16. The number of amides is 1. The normalized spacial score (nSPS) is 20.1. The van der Waals surface area contributed by atoms with Gasteiger partial charge in [0.1, 0.15) is 11.9 Å². The SMILES string of the molecule is CC1=CN=C(C)NN(C)C(C(=O)Nc2ccccc2)C1. The van der Waals surface area contributed by atoms with E-state index in [9.17, 15) is 4.79 Å². The Hall–Kier alpha value is -2.14. The van der Waals surface area contributed by atoms with Crippen molar-refractivity contribution in [2.45, 2.75) is 26.3 Å². The third-order valence-corrected chi connectivity index (χ3v) is 3.14. The van der Waals surface area contributed by atoms with Crippen molar-refractivity contribution in [2.24, 2.45) is 4.99 Å². The number of amidine groups is 1. The van der Waals surface area contributed by atoms with Crippen LogP contribution < -0.4 is 10.7 Å². The van der Waals surface area contributed by atoms with Crippen LogP contribution >= 0.6 is 0 Å². The Balaban J connectivity index is 2.12. The van der Waals surface area contributed by atoms with Gasteiger partial charge in [0.15, 0.2) is 0 Å². The topological polar surface area (TPSA) is 56.7 Å². The summed E-state index contributed by atoms with van der Waals surface area (Å²) in [5, 5.41) is 4.74. The van der Waals surface area contributed by atoms with Gasteiger partial charge in [0, 0.05) is 18.9 Å². The first-order valence-corrected chi connectivity index (χ1v) is 6.61. The molecule has 0 aromatic heterocycles. The van der Waals surface area contributed by atoms with E-state index >= 15 is 0 Å². The van der Waals surface area contributed by atoms with E-state index < -0.39 is 0 Å². The van der Waals surface area contributed by atoms with Crippen molar-refractivity contribution < 1.29 is 4.79 Å². The first kappa shape index (κ1) is 14.3. The number of carbonyl (C=O) groups excluding carboxylic acids is 1. The molecule has 20 heavy (non-hydrogen) atoms. The third-order valence-electron chi connectivity index (χ3n) is 3.14. The van der Waals surface area contributed by atoms with Crippen molar-refractivity contribution in [3.8, 4) is 0 Å². The van der Waals surface area contributed by atoms with Crippen molar-refractivity contribution >= 4 is 17.4 Å². The Kier molecular flexibility index (Phi) is 4.53. The number of hydrazine groups is 1. The highest BCUT2D eigenvalue weighted by Crippen LogP contribution is 2.14. The van der Waals surface area contributed by atoms with Gasteiger partial charge in [-0.3, -0.25) is 4.79 Å². The van der Waals surface area contributed by atoms with E-state index in [1.807, 2.05) is 51.2 Å². The highest BCUT2D eigenvalue weighted by Gasteiger charge is 2.25. The predicted molar refractivity (Wildman–Crippen MR) is 81.2 cm³/mol. The maximum atomic E-state index is 12.4. The van der Waals surface area contributed by atoms with Crippen LogP contribution in [-0.4, -0.2) is 29.8 Å². The number of carbonyl (C=O) groups is 1. The van der Waals surface area contributed by atoms with Crippen LogP contribution in [0.25, 0.3) is 0 Å². The maximum Gasteiger partial charge on any atom is 0.243 e. The molecule has 0 bridgehead atoms. The molecule has 0 saturated carbocycles. The molecule has 0 saturated heterocycles. The van der Waals surface area contributed by atoms with Gasteiger partial charge in [-0.2, -0.15) is 0 Å². The summed E-state index contributed by atoms with van der Waals surface area (Å²) < 4.78 is 0. The fourth-order valence-electron chi connectivity index (χ4n) is 2.08. The Morgan fingerprint density at radius 3 is 2.75 bits per heavy atom. The van der Waals surface area contributed by atoms with Crippen LogP contribution in [0.5, 0.6) is 0 Å². The van der Waals surface area contributed by atoms with Crippen LogP contribution in [0, 0.1) is 0 Å². The molecule has 1 amide bonds. The van der Waals surface area contributed by atoms with Gasteiger partial charge >= 0.3 is 0 Å². The molecule has 0 aliphatic carbocycles. The molecule has 1 aliphatic heterocycles. The number of nitrogens with zero attached hydrogens (tertiary/aromatic N) is 2. The maximum absolute atomic E-state index is 12.4. The molecule has 5 nitrogen and oxygen atoms in total. The molecular weight excluding hydrogens is 252 g/mol. The van der Waals surface area contributed by atoms with Crippen molar-refractivity contribution in [1.82, 2.24) is 10.4 Å². The van der Waals surface area contributed by atoms with Crippen LogP contribution in [0.3, 0.4) is 0 Å². The molecule has 1 unspecified atom stereocenters. The molecule has 0 radical (unpaired) electrons. The molecule has 5 heteroatoms. The molecule has 106 valence electrons. The molecule has 0 fully saturated rings. The lowest BCUT2D eigenvalue weighted by molar-refractivity contribution is -0.121.